The molecule has 0 radical (unpaired) electrons. The molecule has 0 amide bonds. The van der Waals surface area contributed by atoms with E-state index in [1.165, 1.54) is 12.1 Å². The molecule has 12 aromatic rings. The van der Waals surface area contributed by atoms with Crippen molar-refractivity contribution in [2.24, 2.45) is 0 Å². The molecule has 0 spiro atoms. The van der Waals surface area contributed by atoms with E-state index in [-0.39, 0.29) is 16.7 Å². The van der Waals surface area contributed by atoms with Crippen molar-refractivity contribution in [1.29, 1.82) is 0 Å². The predicted molar refractivity (Wildman–Crippen MR) is 335 cm³/mol. The zero-order valence-corrected chi connectivity index (χ0v) is 47.8. The van der Waals surface area contributed by atoms with Crippen LogP contribution in [0.25, 0.3) is 32.7 Å². The summed E-state index contributed by atoms with van der Waals surface area (Å²) in [5.74, 6) is 1.13. The predicted octanol–water partition coefficient (Wildman–Crippen LogP) is 15.9. The van der Waals surface area contributed by atoms with Gasteiger partial charge in [0.25, 0.3) is 0 Å². The number of nitrogens with zero attached hydrogens (tertiary/aromatic N) is 3. The third kappa shape index (κ3) is 17.1. The van der Waals surface area contributed by atoms with Gasteiger partial charge >= 0.3 is 17.9 Å². The Bertz CT molecular complexity index is 4370. The summed E-state index contributed by atoms with van der Waals surface area (Å²) in [6.07, 6.45) is 0. The van der Waals surface area contributed by atoms with Crippen molar-refractivity contribution in [1.82, 2.24) is 15.0 Å². The van der Waals surface area contributed by atoms with Crippen LogP contribution in [-0.4, -0.2) is 48.2 Å². The molecule has 0 saturated carbocycles. The molecule has 3 N–H and O–H groups in total. The summed E-state index contributed by atoms with van der Waals surface area (Å²) in [5, 5.41) is 30.3. The first kappa shape index (κ1) is 59.7. The summed E-state index contributed by atoms with van der Waals surface area (Å²) < 4.78 is 35.1. The first-order chi connectivity index (χ1) is 42.9. The SMILES string of the molecule is Cc1cc(C(=O)O)ccc1OCc1cccc(OCc2ccc3ccccc3n2)c1.O=C(O)c1ccc(COCc2cccc(OCc3ccc4ccccc4n3)c2)cc1.O=C(O)c1ccc(Oc2cccc(OCc3ccc4ccccc4n3)c2)cc1. The Morgan fingerprint density at radius 2 is 0.739 bits per heavy atom. The minimum Gasteiger partial charge on any atom is -0.489 e. The third-order valence-electron chi connectivity index (χ3n) is 13.6. The van der Waals surface area contributed by atoms with Crippen LogP contribution in [0, 0.1) is 6.92 Å². The molecule has 3 heterocycles. The fourth-order valence-corrected chi connectivity index (χ4v) is 9.05. The van der Waals surface area contributed by atoms with Gasteiger partial charge in [-0.2, -0.15) is 0 Å². The lowest BCUT2D eigenvalue weighted by Gasteiger charge is -2.11. The molecule has 15 nitrogen and oxygen atoms in total. The second-order valence-corrected chi connectivity index (χ2v) is 20.1. The number of carboxylic acid groups (broad SMARTS) is 3. The first-order valence-electron chi connectivity index (χ1n) is 28.0. The summed E-state index contributed by atoms with van der Waals surface area (Å²) in [6.45, 7) is 4.16. The first-order valence-corrected chi connectivity index (χ1v) is 28.0. The molecule has 0 fully saturated rings. The summed E-state index contributed by atoms with van der Waals surface area (Å²) in [5.41, 5.74) is 9.82. The van der Waals surface area contributed by atoms with Crippen molar-refractivity contribution in [3.05, 3.63) is 305 Å². The van der Waals surface area contributed by atoms with Crippen molar-refractivity contribution < 1.29 is 58.1 Å². The van der Waals surface area contributed by atoms with Crippen LogP contribution in [0.4, 0.5) is 0 Å². The number of carbonyl (C=O) groups is 3. The summed E-state index contributed by atoms with van der Waals surface area (Å²) in [4.78, 5) is 46.7. The minimum absolute atomic E-state index is 0.215. The van der Waals surface area contributed by atoms with Crippen molar-refractivity contribution in [3.8, 4) is 34.5 Å². The molecular formula is C73H59N3O12. The number of carboxylic acids is 3. The highest BCUT2D eigenvalue weighted by molar-refractivity contribution is 5.89. The number of para-hydroxylation sites is 3. The second-order valence-electron chi connectivity index (χ2n) is 20.1. The van der Waals surface area contributed by atoms with Crippen molar-refractivity contribution in [2.75, 3.05) is 0 Å². The van der Waals surface area contributed by atoms with E-state index in [0.717, 1.165) is 83.5 Å². The molecule has 0 bridgehead atoms. The third-order valence-corrected chi connectivity index (χ3v) is 13.6. The van der Waals surface area contributed by atoms with Crippen LogP contribution in [0.5, 0.6) is 34.5 Å². The highest BCUT2D eigenvalue weighted by Crippen LogP contribution is 2.28. The second kappa shape index (κ2) is 29.4. The summed E-state index contributed by atoms with van der Waals surface area (Å²) >= 11 is 0. The summed E-state index contributed by atoms with van der Waals surface area (Å²) in [6, 6.07) is 76.5. The van der Waals surface area contributed by atoms with Crippen LogP contribution in [0.1, 0.15) is 70.4 Å². The Morgan fingerprint density at radius 3 is 1.22 bits per heavy atom. The number of hydrogen-bond acceptors (Lipinski definition) is 12. The Morgan fingerprint density at radius 1 is 0.330 bits per heavy atom. The number of aromatic nitrogens is 3. The number of pyridine rings is 3. The topological polar surface area (TPSA) is 206 Å². The standard InChI is InChI=1S/2C25H21NO4.C23H17NO4/c1-17-13-20(25(27)28)10-12-24(17)30-15-18-5-4-7-22(14-18)29-16-21-11-9-19-6-2-3-8-23(19)26-21;27-25(28)21-10-8-18(9-11-21)15-29-16-19-4-3-6-23(14-19)30-17-22-13-12-20-5-1-2-7-24(20)26-22;25-23(26)17-9-12-19(13-10-17)28-21-6-3-5-20(14-21)27-15-18-11-8-16-4-1-2-7-22(16)24-18/h2-14H,15-16H2,1H3,(H,27,28);1-14H,15-17H2,(H,27,28);1-14H,15H2,(H,25,26). The molecule has 3 aromatic heterocycles. The molecule has 0 saturated heterocycles. The maximum Gasteiger partial charge on any atom is 0.335 e. The van der Waals surface area contributed by atoms with E-state index in [0.29, 0.717) is 62.6 Å². The molecule has 12 rings (SSSR count). The maximum atomic E-state index is 11.1. The van der Waals surface area contributed by atoms with E-state index in [2.05, 4.69) is 15.0 Å². The van der Waals surface area contributed by atoms with Crippen LogP contribution in [0.3, 0.4) is 0 Å². The van der Waals surface area contributed by atoms with Crippen molar-refractivity contribution in [3.63, 3.8) is 0 Å². The van der Waals surface area contributed by atoms with Gasteiger partial charge in [0.05, 0.1) is 63.5 Å². The van der Waals surface area contributed by atoms with Gasteiger partial charge in [0.1, 0.15) is 60.9 Å². The number of ether oxygens (including phenoxy) is 6. The Balaban J connectivity index is 0.000000146. The van der Waals surface area contributed by atoms with Crippen molar-refractivity contribution >= 4 is 50.6 Å². The van der Waals surface area contributed by atoms with Crippen LogP contribution in [0.15, 0.2) is 249 Å². The van der Waals surface area contributed by atoms with Gasteiger partial charge in [0, 0.05) is 22.2 Å². The van der Waals surface area contributed by atoms with Gasteiger partial charge in [-0.05, 0) is 157 Å². The lowest BCUT2D eigenvalue weighted by atomic mass is 10.1. The number of fused-ring (bicyclic) bond motifs is 3. The van der Waals surface area contributed by atoms with Gasteiger partial charge in [-0.3, -0.25) is 0 Å². The molecule has 438 valence electrons. The lowest BCUT2D eigenvalue weighted by molar-refractivity contribution is 0.0686. The summed E-state index contributed by atoms with van der Waals surface area (Å²) in [7, 11) is 0. The molecule has 0 atom stereocenters. The Kier molecular flexibility index (Phi) is 20.0. The fraction of sp³-hybridized carbons (Fsp3) is 0.0959. The largest absolute Gasteiger partial charge is 0.489 e. The van der Waals surface area contributed by atoms with E-state index in [9.17, 15) is 14.4 Å². The van der Waals surface area contributed by atoms with Crippen molar-refractivity contribution in [2.45, 2.75) is 46.6 Å². The molecule has 9 aromatic carbocycles. The minimum atomic E-state index is -0.968. The van der Waals surface area contributed by atoms with E-state index in [1.807, 2.05) is 183 Å². The normalized spacial score (nSPS) is 10.7. The monoisotopic (exact) mass is 1170 g/mol. The van der Waals surface area contributed by atoms with Crippen LogP contribution in [0.2, 0.25) is 0 Å². The smallest absolute Gasteiger partial charge is 0.335 e. The highest BCUT2D eigenvalue weighted by atomic mass is 16.5. The average molecular weight is 1170 g/mol. The Hall–Kier alpha value is -11.4. The van der Waals surface area contributed by atoms with Gasteiger partial charge in [-0.25, -0.2) is 29.3 Å². The molecule has 15 heteroatoms. The van der Waals surface area contributed by atoms with E-state index < -0.39 is 17.9 Å². The molecule has 0 unspecified atom stereocenters. The molecule has 0 aliphatic carbocycles. The lowest BCUT2D eigenvalue weighted by Crippen LogP contribution is -2.01. The quantitative estimate of drug-likeness (QED) is 0.0612. The van der Waals surface area contributed by atoms with Crippen LogP contribution < -0.4 is 23.7 Å². The van der Waals surface area contributed by atoms with Crippen LogP contribution in [-0.2, 0) is 44.4 Å². The average Bonchev–Trinajstić information content (AvgIpc) is 3.66. The zero-order valence-electron chi connectivity index (χ0n) is 47.8. The number of benzene rings is 9. The number of aryl methyl sites for hydroxylation is 1. The molecule has 0 aliphatic rings. The maximum absolute atomic E-state index is 11.1. The van der Waals surface area contributed by atoms with E-state index >= 15 is 0 Å². The van der Waals surface area contributed by atoms with Gasteiger partial charge in [0.2, 0.25) is 0 Å². The van der Waals surface area contributed by atoms with Gasteiger partial charge < -0.3 is 43.7 Å². The molecule has 0 aliphatic heterocycles. The number of rotatable bonds is 21. The van der Waals surface area contributed by atoms with E-state index in [4.69, 9.17) is 43.7 Å². The van der Waals surface area contributed by atoms with Gasteiger partial charge in [-0.15, -0.1) is 0 Å². The van der Waals surface area contributed by atoms with E-state index in [1.54, 1.807) is 60.7 Å². The molecular weight excluding hydrogens is 1110 g/mol. The van der Waals surface area contributed by atoms with Gasteiger partial charge in [0.15, 0.2) is 0 Å². The Labute approximate surface area is 507 Å². The molecule has 88 heavy (non-hydrogen) atoms. The van der Waals surface area contributed by atoms with Gasteiger partial charge in [-0.1, -0.05) is 115 Å². The fourth-order valence-electron chi connectivity index (χ4n) is 9.05. The number of aromatic carboxylic acids is 3. The zero-order chi connectivity index (χ0) is 61.0. The highest BCUT2D eigenvalue weighted by Gasteiger charge is 2.10. The van der Waals surface area contributed by atoms with Crippen LogP contribution >= 0.6 is 0 Å². The number of hydrogen-bond donors (Lipinski definition) is 3.